The Bertz CT molecular complexity index is 822. The Morgan fingerprint density at radius 2 is 1.81 bits per heavy atom. The van der Waals surface area contributed by atoms with Gasteiger partial charge >= 0.3 is 12.5 Å². The Morgan fingerprint density at radius 3 is 2.38 bits per heavy atom. The predicted octanol–water partition coefficient (Wildman–Crippen LogP) is 4.02. The SMILES string of the molecule is CC(C)(C)[C@]1(C)CN(Cc2ccc(N3CCOCC3)cc2OC(F)(F)F)CCN1C(=O)O. The molecule has 0 bridgehead atoms. The van der Waals surface area contributed by atoms with E-state index in [2.05, 4.69) is 4.74 Å². The molecule has 2 saturated heterocycles. The normalized spacial score (nSPS) is 23.3. The van der Waals surface area contributed by atoms with Crippen molar-refractivity contribution in [2.75, 3.05) is 50.8 Å². The van der Waals surface area contributed by atoms with Crippen molar-refractivity contribution < 1.29 is 32.5 Å². The third kappa shape index (κ3) is 5.40. The lowest BCUT2D eigenvalue weighted by molar-refractivity contribution is -0.275. The summed E-state index contributed by atoms with van der Waals surface area (Å²) in [6, 6.07) is 4.91. The Labute approximate surface area is 186 Å². The van der Waals surface area contributed by atoms with Gasteiger partial charge in [-0.15, -0.1) is 13.2 Å². The number of benzene rings is 1. The fourth-order valence-corrected chi connectivity index (χ4v) is 4.32. The number of amides is 1. The average molecular weight is 460 g/mol. The highest BCUT2D eigenvalue weighted by Crippen LogP contribution is 2.39. The molecule has 180 valence electrons. The molecule has 2 heterocycles. The van der Waals surface area contributed by atoms with E-state index in [1.165, 1.54) is 11.0 Å². The lowest BCUT2D eigenvalue weighted by Gasteiger charge is -2.54. The molecule has 2 fully saturated rings. The standard InChI is InChI=1S/C22H32F3N3O4/c1-20(2,3)21(4)15-26(7-8-28(21)19(29)30)14-16-5-6-17(27-9-11-31-12-10-27)13-18(16)32-22(23,24)25/h5-6,13H,7-12,14-15H2,1-4H3,(H,29,30)/t21-/m0/s1. The van der Waals surface area contributed by atoms with E-state index in [1.807, 2.05) is 37.5 Å². The second-order valence-electron chi connectivity index (χ2n) is 9.61. The van der Waals surface area contributed by atoms with Crippen molar-refractivity contribution in [1.29, 1.82) is 0 Å². The number of piperazine rings is 1. The molecule has 7 nitrogen and oxygen atoms in total. The largest absolute Gasteiger partial charge is 0.573 e. The smallest absolute Gasteiger partial charge is 0.465 e. The number of hydrogen-bond donors (Lipinski definition) is 1. The first-order chi connectivity index (χ1) is 14.8. The van der Waals surface area contributed by atoms with Crippen LogP contribution in [0.15, 0.2) is 18.2 Å². The van der Waals surface area contributed by atoms with E-state index in [4.69, 9.17) is 4.74 Å². The highest BCUT2D eigenvalue weighted by atomic mass is 19.4. The summed E-state index contributed by atoms with van der Waals surface area (Å²) in [5.41, 5.74) is 0.0108. The van der Waals surface area contributed by atoms with Crippen molar-refractivity contribution in [3.63, 3.8) is 0 Å². The summed E-state index contributed by atoms with van der Waals surface area (Å²) in [7, 11) is 0. The van der Waals surface area contributed by atoms with Crippen LogP contribution in [0.1, 0.15) is 33.3 Å². The molecule has 2 aliphatic rings. The van der Waals surface area contributed by atoms with Gasteiger partial charge in [0.2, 0.25) is 0 Å². The van der Waals surface area contributed by atoms with E-state index in [9.17, 15) is 23.1 Å². The second-order valence-corrected chi connectivity index (χ2v) is 9.61. The molecule has 1 amide bonds. The van der Waals surface area contributed by atoms with Gasteiger partial charge < -0.3 is 19.5 Å². The number of alkyl halides is 3. The first-order valence-corrected chi connectivity index (χ1v) is 10.7. The topological polar surface area (TPSA) is 65.5 Å². The van der Waals surface area contributed by atoms with Crippen LogP contribution in [-0.4, -0.2) is 78.8 Å². The lowest BCUT2D eigenvalue weighted by Crippen LogP contribution is -2.67. The van der Waals surface area contributed by atoms with E-state index in [-0.39, 0.29) is 24.3 Å². The maximum Gasteiger partial charge on any atom is 0.573 e. The summed E-state index contributed by atoms with van der Waals surface area (Å²) in [6.45, 7) is 11.4. The van der Waals surface area contributed by atoms with Gasteiger partial charge in [-0.1, -0.05) is 26.8 Å². The fraction of sp³-hybridized carbons (Fsp3) is 0.682. The Balaban J connectivity index is 1.86. The zero-order valence-corrected chi connectivity index (χ0v) is 19.0. The van der Waals surface area contributed by atoms with Crippen LogP contribution in [0.5, 0.6) is 5.75 Å². The molecular weight excluding hydrogens is 427 g/mol. The van der Waals surface area contributed by atoms with E-state index in [0.29, 0.717) is 50.6 Å². The minimum Gasteiger partial charge on any atom is -0.465 e. The maximum atomic E-state index is 13.2. The van der Waals surface area contributed by atoms with Gasteiger partial charge in [0.1, 0.15) is 5.75 Å². The summed E-state index contributed by atoms with van der Waals surface area (Å²) < 4.78 is 49.2. The van der Waals surface area contributed by atoms with Gasteiger partial charge in [0, 0.05) is 56.6 Å². The van der Waals surface area contributed by atoms with Crippen LogP contribution in [0.3, 0.4) is 0 Å². The minimum absolute atomic E-state index is 0.223. The van der Waals surface area contributed by atoms with Crippen molar-refractivity contribution in [2.24, 2.45) is 5.41 Å². The molecule has 0 spiro atoms. The number of nitrogens with zero attached hydrogens (tertiary/aromatic N) is 3. The van der Waals surface area contributed by atoms with Gasteiger partial charge in [-0.05, 0) is 18.4 Å². The minimum atomic E-state index is -4.81. The number of ether oxygens (including phenoxy) is 2. The molecule has 32 heavy (non-hydrogen) atoms. The van der Waals surface area contributed by atoms with Crippen LogP contribution < -0.4 is 9.64 Å². The molecule has 1 aromatic carbocycles. The number of halogens is 3. The maximum absolute atomic E-state index is 13.2. The van der Waals surface area contributed by atoms with Gasteiger partial charge in [0.05, 0.1) is 18.8 Å². The van der Waals surface area contributed by atoms with Gasteiger partial charge in [-0.25, -0.2) is 4.79 Å². The lowest BCUT2D eigenvalue weighted by atomic mass is 9.72. The molecule has 1 atom stereocenters. The van der Waals surface area contributed by atoms with E-state index in [0.717, 1.165) is 0 Å². The zero-order chi connectivity index (χ0) is 23.7. The fourth-order valence-electron chi connectivity index (χ4n) is 4.32. The molecular formula is C22H32F3N3O4. The molecule has 1 aromatic rings. The van der Waals surface area contributed by atoms with Crippen molar-refractivity contribution >= 4 is 11.8 Å². The van der Waals surface area contributed by atoms with Crippen LogP contribution in [-0.2, 0) is 11.3 Å². The molecule has 0 radical (unpaired) electrons. The first-order valence-electron chi connectivity index (χ1n) is 10.7. The molecule has 3 rings (SSSR count). The van der Waals surface area contributed by atoms with Crippen LogP contribution in [0.4, 0.5) is 23.7 Å². The molecule has 1 N–H and O–H groups in total. The van der Waals surface area contributed by atoms with Crippen LogP contribution in [0.2, 0.25) is 0 Å². The highest BCUT2D eigenvalue weighted by molar-refractivity contribution is 5.66. The summed E-state index contributed by atoms with van der Waals surface area (Å²) in [5.74, 6) is -0.223. The summed E-state index contributed by atoms with van der Waals surface area (Å²) >= 11 is 0. The number of morpholine rings is 1. The monoisotopic (exact) mass is 459 g/mol. The van der Waals surface area contributed by atoms with Crippen molar-refractivity contribution in [3.8, 4) is 5.75 Å². The van der Waals surface area contributed by atoms with Crippen molar-refractivity contribution in [2.45, 2.75) is 46.1 Å². The van der Waals surface area contributed by atoms with Crippen LogP contribution in [0, 0.1) is 5.41 Å². The zero-order valence-electron chi connectivity index (χ0n) is 19.0. The van der Waals surface area contributed by atoms with Gasteiger partial charge in [0.25, 0.3) is 0 Å². The van der Waals surface area contributed by atoms with Gasteiger partial charge in [-0.2, -0.15) is 0 Å². The highest BCUT2D eigenvalue weighted by Gasteiger charge is 2.48. The van der Waals surface area contributed by atoms with Gasteiger partial charge in [0.15, 0.2) is 0 Å². The molecule has 0 unspecified atom stereocenters. The average Bonchev–Trinajstić information content (AvgIpc) is 2.68. The quantitative estimate of drug-likeness (QED) is 0.734. The summed E-state index contributed by atoms with van der Waals surface area (Å²) in [6.07, 6.45) is -5.79. The third-order valence-electron chi connectivity index (χ3n) is 6.66. The molecule has 0 aromatic heterocycles. The number of anilines is 1. The van der Waals surface area contributed by atoms with Crippen LogP contribution in [0.25, 0.3) is 0 Å². The number of rotatable bonds is 4. The van der Waals surface area contributed by atoms with E-state index >= 15 is 0 Å². The predicted molar refractivity (Wildman–Crippen MR) is 114 cm³/mol. The number of hydrogen-bond acceptors (Lipinski definition) is 5. The molecule has 0 saturated carbocycles. The Hall–Kier alpha value is -2.20. The van der Waals surface area contributed by atoms with E-state index < -0.39 is 18.0 Å². The van der Waals surface area contributed by atoms with E-state index in [1.54, 1.807) is 12.1 Å². The molecule has 0 aliphatic carbocycles. The third-order valence-corrected chi connectivity index (χ3v) is 6.66. The Kier molecular flexibility index (Phi) is 6.86. The molecule has 10 heteroatoms. The molecule has 2 aliphatic heterocycles. The Morgan fingerprint density at radius 1 is 1.16 bits per heavy atom. The van der Waals surface area contributed by atoms with Gasteiger partial charge in [-0.3, -0.25) is 9.80 Å². The summed E-state index contributed by atoms with van der Waals surface area (Å²) in [5, 5.41) is 9.69. The second kappa shape index (κ2) is 8.97. The number of carboxylic acid groups (broad SMARTS) is 1. The van der Waals surface area contributed by atoms with Crippen molar-refractivity contribution in [1.82, 2.24) is 9.80 Å². The van der Waals surface area contributed by atoms with Crippen LogP contribution >= 0.6 is 0 Å². The summed E-state index contributed by atoms with van der Waals surface area (Å²) in [4.78, 5) is 17.2. The first kappa shape index (κ1) is 24.4. The number of carbonyl (C=O) groups is 1. The van der Waals surface area contributed by atoms with Crippen molar-refractivity contribution in [3.05, 3.63) is 23.8 Å².